The van der Waals surface area contributed by atoms with Crippen molar-refractivity contribution in [3.05, 3.63) is 126 Å². The van der Waals surface area contributed by atoms with Gasteiger partial charge >= 0.3 is 0 Å². The number of rotatable bonds is 2. The molecule has 0 unspecified atom stereocenters. The normalized spacial score (nSPS) is 11.7. The molecule has 6 heteroatoms. The van der Waals surface area contributed by atoms with E-state index in [1.54, 1.807) is 0 Å². The van der Waals surface area contributed by atoms with Crippen LogP contribution in [0.25, 0.3) is 77.2 Å². The van der Waals surface area contributed by atoms with Crippen molar-refractivity contribution in [1.29, 1.82) is 10.5 Å². The van der Waals surface area contributed by atoms with Gasteiger partial charge in [0.15, 0.2) is 0 Å². The van der Waals surface area contributed by atoms with Gasteiger partial charge in [0, 0.05) is 26.9 Å². The van der Waals surface area contributed by atoms with Crippen molar-refractivity contribution in [3.63, 3.8) is 0 Å². The quantitative estimate of drug-likeness (QED) is 0.215. The lowest BCUT2D eigenvalue weighted by Gasteiger charge is -2.11. The van der Waals surface area contributed by atoms with Gasteiger partial charge in [-0.2, -0.15) is 10.5 Å². The highest BCUT2D eigenvalue weighted by Crippen LogP contribution is 2.40. The second kappa shape index (κ2) is 8.57. The molecule has 0 saturated heterocycles. The van der Waals surface area contributed by atoms with E-state index in [4.69, 9.17) is 9.40 Å². The molecule has 0 saturated carbocycles. The van der Waals surface area contributed by atoms with Gasteiger partial charge in [0.25, 0.3) is 0 Å². The first kappa shape index (κ1) is 23.3. The maximum atomic E-state index is 9.59. The van der Waals surface area contributed by atoms with E-state index < -0.39 is 0 Å². The second-order valence-corrected chi connectivity index (χ2v) is 10.7. The van der Waals surface area contributed by atoms with Crippen LogP contribution in [0, 0.1) is 22.7 Å². The van der Waals surface area contributed by atoms with Gasteiger partial charge in [-0.1, -0.05) is 42.5 Å². The number of aromatic nitrogens is 3. The van der Waals surface area contributed by atoms with Crippen molar-refractivity contribution in [2.24, 2.45) is 0 Å². The molecule has 0 radical (unpaired) electrons. The molecule has 198 valence electrons. The highest BCUT2D eigenvalue weighted by Gasteiger charge is 2.20. The molecule has 0 N–H and O–H groups in total. The zero-order chi connectivity index (χ0) is 28.7. The molecule has 0 aliphatic heterocycles. The van der Waals surface area contributed by atoms with Gasteiger partial charge in [-0.15, -0.1) is 0 Å². The molecule has 9 aromatic rings. The van der Waals surface area contributed by atoms with Crippen molar-refractivity contribution in [1.82, 2.24) is 14.1 Å². The zero-order valence-electron chi connectivity index (χ0n) is 22.6. The SMILES string of the molecule is N#Cc1ccc2c(c1)c1cc(C#N)ccc1n2-c1cccc(-n2c3ccccc3c3c4oc5ccccc5c4ccc32)n1. The summed E-state index contributed by atoms with van der Waals surface area (Å²) in [5, 5.41) is 25.3. The van der Waals surface area contributed by atoms with Crippen molar-refractivity contribution >= 4 is 65.6 Å². The molecule has 6 nitrogen and oxygen atoms in total. The Morgan fingerprint density at radius 1 is 0.512 bits per heavy atom. The predicted octanol–water partition coefficient (Wildman–Crippen LogP) is 8.92. The van der Waals surface area contributed by atoms with E-state index in [1.165, 1.54) is 0 Å². The zero-order valence-corrected chi connectivity index (χ0v) is 22.6. The molecule has 4 heterocycles. The Labute approximate surface area is 244 Å². The lowest BCUT2D eigenvalue weighted by atomic mass is 10.1. The van der Waals surface area contributed by atoms with E-state index in [9.17, 15) is 10.5 Å². The molecule has 0 fully saturated rings. The number of furan rings is 1. The summed E-state index contributed by atoms with van der Waals surface area (Å²) in [6, 6.07) is 42.6. The lowest BCUT2D eigenvalue weighted by Crippen LogP contribution is -2.03. The van der Waals surface area contributed by atoms with Crippen LogP contribution in [-0.2, 0) is 0 Å². The standard InChI is InChI=1S/C37H19N5O/c38-20-22-12-15-30-27(18-22)28-19-23(21-39)13-16-31(28)41(30)34-10-5-11-35(40-34)42-29-8-3-1-7-26(29)36-32(42)17-14-25-24-6-2-4-9-33(24)43-37(25)36/h1-19H. The van der Waals surface area contributed by atoms with Gasteiger partial charge in [-0.3, -0.25) is 9.13 Å². The number of pyridine rings is 1. The third-order valence-electron chi connectivity index (χ3n) is 8.38. The summed E-state index contributed by atoms with van der Waals surface area (Å²) < 4.78 is 10.7. The van der Waals surface area contributed by atoms with Crippen LogP contribution in [-0.4, -0.2) is 14.1 Å². The van der Waals surface area contributed by atoms with Crippen molar-refractivity contribution < 1.29 is 4.42 Å². The number of hydrogen-bond donors (Lipinski definition) is 0. The van der Waals surface area contributed by atoms with Crippen LogP contribution in [0.3, 0.4) is 0 Å². The number of nitrogens with zero attached hydrogens (tertiary/aromatic N) is 5. The minimum Gasteiger partial charge on any atom is -0.455 e. The fourth-order valence-corrected chi connectivity index (χ4v) is 6.55. The van der Waals surface area contributed by atoms with E-state index in [2.05, 4.69) is 57.7 Å². The summed E-state index contributed by atoms with van der Waals surface area (Å²) in [5.41, 5.74) is 6.75. The van der Waals surface area contributed by atoms with Crippen LogP contribution in [0.5, 0.6) is 0 Å². The number of fused-ring (bicyclic) bond motifs is 10. The first-order valence-electron chi connectivity index (χ1n) is 13.9. The molecule has 0 aliphatic carbocycles. The number of hydrogen-bond acceptors (Lipinski definition) is 4. The third kappa shape index (κ3) is 3.18. The molecule has 43 heavy (non-hydrogen) atoms. The third-order valence-corrected chi connectivity index (χ3v) is 8.38. The first-order valence-corrected chi connectivity index (χ1v) is 13.9. The molecule has 9 rings (SSSR count). The summed E-state index contributed by atoms with van der Waals surface area (Å²) in [5.74, 6) is 1.51. The summed E-state index contributed by atoms with van der Waals surface area (Å²) in [6.45, 7) is 0. The number of nitriles is 2. The summed E-state index contributed by atoms with van der Waals surface area (Å²) in [4.78, 5) is 5.23. The first-order chi connectivity index (χ1) is 21.2. The molecule has 5 aromatic carbocycles. The Kier molecular flexibility index (Phi) is 4.65. The Hall–Kier alpha value is -6.37. The minimum atomic E-state index is 0.567. The van der Waals surface area contributed by atoms with Gasteiger partial charge in [0.1, 0.15) is 22.8 Å². The van der Waals surface area contributed by atoms with Crippen LogP contribution in [0.2, 0.25) is 0 Å². The van der Waals surface area contributed by atoms with E-state index in [-0.39, 0.29) is 0 Å². The van der Waals surface area contributed by atoms with Crippen LogP contribution < -0.4 is 0 Å². The summed E-state index contributed by atoms with van der Waals surface area (Å²) >= 11 is 0. The van der Waals surface area contributed by atoms with Gasteiger partial charge in [0.05, 0.1) is 50.7 Å². The van der Waals surface area contributed by atoms with Crippen molar-refractivity contribution in [3.8, 4) is 23.8 Å². The Morgan fingerprint density at radius 2 is 1.09 bits per heavy atom. The van der Waals surface area contributed by atoms with Crippen LogP contribution in [0.1, 0.15) is 11.1 Å². The lowest BCUT2D eigenvalue weighted by molar-refractivity contribution is 0.673. The molecular formula is C37H19N5O. The highest BCUT2D eigenvalue weighted by atomic mass is 16.3. The van der Waals surface area contributed by atoms with E-state index in [1.807, 2.05) is 78.9 Å². The van der Waals surface area contributed by atoms with E-state index in [0.29, 0.717) is 11.1 Å². The molecule has 0 amide bonds. The minimum absolute atomic E-state index is 0.567. The number of benzene rings is 5. The van der Waals surface area contributed by atoms with Crippen LogP contribution in [0.4, 0.5) is 0 Å². The topological polar surface area (TPSA) is 83.5 Å². The highest BCUT2D eigenvalue weighted by molar-refractivity contribution is 6.23. The van der Waals surface area contributed by atoms with Crippen LogP contribution in [0.15, 0.2) is 120 Å². The Balaban J connectivity index is 1.35. The summed E-state index contributed by atoms with van der Waals surface area (Å²) in [6.07, 6.45) is 0. The van der Waals surface area contributed by atoms with Crippen molar-refractivity contribution in [2.45, 2.75) is 0 Å². The molecule has 0 spiro atoms. The van der Waals surface area contributed by atoms with Gasteiger partial charge in [-0.05, 0) is 72.8 Å². The monoisotopic (exact) mass is 549 g/mol. The molecule has 0 bridgehead atoms. The fraction of sp³-hybridized carbons (Fsp3) is 0. The average molecular weight is 550 g/mol. The smallest absolute Gasteiger partial charge is 0.145 e. The molecular weight excluding hydrogens is 530 g/mol. The molecule has 0 atom stereocenters. The fourth-order valence-electron chi connectivity index (χ4n) is 6.55. The number of para-hydroxylation sites is 2. The molecule has 0 aliphatic rings. The summed E-state index contributed by atoms with van der Waals surface area (Å²) in [7, 11) is 0. The van der Waals surface area contributed by atoms with Crippen molar-refractivity contribution in [2.75, 3.05) is 0 Å². The van der Waals surface area contributed by atoms with E-state index >= 15 is 0 Å². The Morgan fingerprint density at radius 3 is 1.79 bits per heavy atom. The van der Waals surface area contributed by atoms with Gasteiger partial charge in [-0.25, -0.2) is 4.98 Å². The average Bonchev–Trinajstić information content (AvgIpc) is 3.71. The second-order valence-electron chi connectivity index (χ2n) is 10.7. The predicted molar refractivity (Wildman–Crippen MR) is 170 cm³/mol. The molecule has 4 aromatic heterocycles. The van der Waals surface area contributed by atoms with Crippen LogP contribution >= 0.6 is 0 Å². The van der Waals surface area contributed by atoms with Gasteiger partial charge < -0.3 is 4.42 Å². The maximum Gasteiger partial charge on any atom is 0.145 e. The largest absolute Gasteiger partial charge is 0.455 e. The van der Waals surface area contributed by atoms with Gasteiger partial charge in [0.2, 0.25) is 0 Å². The Bertz CT molecular complexity index is 2640. The maximum absolute atomic E-state index is 9.59. The van der Waals surface area contributed by atoms with E-state index in [0.717, 1.165) is 77.2 Å².